The lowest BCUT2D eigenvalue weighted by molar-refractivity contribution is 0.416. The first-order chi connectivity index (χ1) is 19.7. The zero-order valence-electron chi connectivity index (χ0n) is 24.7. The molecule has 1 aromatic carbocycles. The van der Waals surface area contributed by atoms with E-state index in [1.165, 1.54) is 29.5 Å². The molecule has 3 heterocycles. The van der Waals surface area contributed by atoms with Gasteiger partial charge in [0.1, 0.15) is 5.75 Å². The fourth-order valence-electron chi connectivity index (χ4n) is 5.88. The number of hydrogen-bond acceptors (Lipinski definition) is 5. The Morgan fingerprint density at radius 2 is 1.98 bits per heavy atom. The number of aromatic nitrogens is 3. The van der Waals surface area contributed by atoms with E-state index in [1.807, 2.05) is 23.0 Å². The number of nitrogens with zero attached hydrogens (tertiary/aromatic N) is 4. The number of rotatable bonds is 10. The molecule has 0 radical (unpaired) electrons. The molecule has 2 N–H and O–H groups in total. The van der Waals surface area contributed by atoms with E-state index in [2.05, 4.69) is 56.9 Å². The highest BCUT2D eigenvalue weighted by Crippen LogP contribution is 2.47. The molecule has 6 nitrogen and oxygen atoms in total. The minimum Gasteiger partial charge on any atom is -0.495 e. The maximum Gasteiger partial charge on any atom is 0.156 e. The van der Waals surface area contributed by atoms with E-state index in [0.717, 1.165) is 53.8 Å². The third kappa shape index (κ3) is 5.46. The van der Waals surface area contributed by atoms with Crippen molar-refractivity contribution in [1.29, 1.82) is 0 Å². The van der Waals surface area contributed by atoms with Crippen LogP contribution in [0.2, 0.25) is 5.02 Å². The molecular weight excluding hydrogens is 530 g/mol. The first-order valence-corrected chi connectivity index (χ1v) is 15.2. The largest absolute Gasteiger partial charge is 0.495 e. The van der Waals surface area contributed by atoms with Crippen molar-refractivity contribution >= 4 is 29.2 Å². The van der Waals surface area contributed by atoms with Gasteiger partial charge in [0.15, 0.2) is 5.65 Å². The minimum atomic E-state index is -0.00856. The monoisotopic (exact) mass is 569 g/mol. The van der Waals surface area contributed by atoms with E-state index >= 15 is 0 Å². The molecule has 1 unspecified atom stereocenters. The summed E-state index contributed by atoms with van der Waals surface area (Å²) in [6.45, 7) is 9.09. The van der Waals surface area contributed by atoms with Crippen molar-refractivity contribution in [3.63, 3.8) is 0 Å². The summed E-state index contributed by atoms with van der Waals surface area (Å²) in [6, 6.07) is 9.16. The lowest BCUT2D eigenvalue weighted by atomic mass is 9.77. The molecule has 2 aliphatic carbocycles. The van der Waals surface area contributed by atoms with Crippen LogP contribution in [0.15, 0.2) is 47.8 Å². The lowest BCUT2D eigenvalue weighted by Gasteiger charge is -2.29. The SMILES string of the molecule is CCC(C)(C)c1cc(C(Cc2cc(C=NC3CC3)c(N)c(OC)c2)C2CC2)nc(-c2ccn3ccnc3c2Cl)c1C. The molecule has 2 aliphatic rings. The molecule has 0 amide bonds. The van der Waals surface area contributed by atoms with Crippen LogP contribution in [0, 0.1) is 12.8 Å². The minimum absolute atomic E-state index is 0.00856. The van der Waals surface area contributed by atoms with Crippen molar-refractivity contribution in [2.75, 3.05) is 12.8 Å². The second-order valence-corrected chi connectivity index (χ2v) is 12.8. The topological polar surface area (TPSA) is 77.8 Å². The number of ether oxygens (including phenoxy) is 1. The number of methoxy groups -OCH3 is 1. The zero-order chi connectivity index (χ0) is 28.9. The van der Waals surface area contributed by atoms with Gasteiger partial charge in [-0.1, -0.05) is 32.4 Å². The van der Waals surface area contributed by atoms with Crippen LogP contribution in [0.4, 0.5) is 5.69 Å². The molecule has 0 spiro atoms. The van der Waals surface area contributed by atoms with Crippen LogP contribution in [0.1, 0.15) is 86.7 Å². The fourth-order valence-corrected chi connectivity index (χ4v) is 6.18. The van der Waals surface area contributed by atoms with Gasteiger partial charge >= 0.3 is 0 Å². The van der Waals surface area contributed by atoms with Gasteiger partial charge in [0.05, 0.1) is 29.6 Å². The fraction of sp³-hybridized carbons (Fsp3) is 0.441. The molecule has 7 heteroatoms. The summed E-state index contributed by atoms with van der Waals surface area (Å²) in [7, 11) is 1.68. The molecule has 2 saturated carbocycles. The van der Waals surface area contributed by atoms with Gasteiger partial charge in [-0.05, 0) is 97.7 Å². The van der Waals surface area contributed by atoms with Crippen molar-refractivity contribution in [2.45, 2.75) is 83.6 Å². The summed E-state index contributed by atoms with van der Waals surface area (Å²) in [5.74, 6) is 1.57. The van der Waals surface area contributed by atoms with Crippen molar-refractivity contribution < 1.29 is 4.74 Å². The number of halogens is 1. The van der Waals surface area contributed by atoms with Crippen molar-refractivity contribution in [3.8, 4) is 17.0 Å². The predicted molar refractivity (Wildman–Crippen MR) is 169 cm³/mol. The smallest absolute Gasteiger partial charge is 0.156 e. The molecule has 214 valence electrons. The highest BCUT2D eigenvalue weighted by molar-refractivity contribution is 6.36. The summed E-state index contributed by atoms with van der Waals surface area (Å²) in [4.78, 5) is 14.6. The van der Waals surface area contributed by atoms with Crippen LogP contribution in [0.25, 0.3) is 16.9 Å². The van der Waals surface area contributed by atoms with Gasteiger partial charge in [0.25, 0.3) is 0 Å². The Hall–Kier alpha value is -3.38. The average molecular weight is 570 g/mol. The number of benzene rings is 1. The van der Waals surface area contributed by atoms with E-state index in [9.17, 15) is 0 Å². The van der Waals surface area contributed by atoms with E-state index < -0.39 is 0 Å². The number of nitrogens with two attached hydrogens (primary N) is 1. The van der Waals surface area contributed by atoms with Gasteiger partial charge in [-0.2, -0.15) is 0 Å². The first-order valence-electron chi connectivity index (χ1n) is 14.8. The van der Waals surface area contributed by atoms with Crippen LogP contribution in [-0.4, -0.2) is 33.7 Å². The molecule has 41 heavy (non-hydrogen) atoms. The number of imidazole rings is 1. The summed E-state index contributed by atoms with van der Waals surface area (Å²) in [5, 5.41) is 0.635. The van der Waals surface area contributed by atoms with E-state index in [1.54, 1.807) is 13.3 Å². The second kappa shape index (κ2) is 10.8. The molecule has 0 bridgehead atoms. The van der Waals surface area contributed by atoms with Gasteiger partial charge < -0.3 is 14.9 Å². The maximum absolute atomic E-state index is 6.99. The maximum atomic E-state index is 6.99. The second-order valence-electron chi connectivity index (χ2n) is 12.5. The van der Waals surface area contributed by atoms with E-state index in [4.69, 9.17) is 32.0 Å². The van der Waals surface area contributed by atoms with Crippen LogP contribution in [0.3, 0.4) is 0 Å². The van der Waals surface area contributed by atoms with Crippen LogP contribution in [0.5, 0.6) is 5.75 Å². The highest BCUT2D eigenvalue weighted by atomic mass is 35.5. The van der Waals surface area contributed by atoms with Gasteiger partial charge in [-0.25, -0.2) is 4.98 Å². The number of fused-ring (bicyclic) bond motifs is 1. The van der Waals surface area contributed by atoms with E-state index in [-0.39, 0.29) is 11.3 Å². The summed E-state index contributed by atoms with van der Waals surface area (Å²) >= 11 is 6.99. The number of anilines is 1. The Kier molecular flexibility index (Phi) is 7.31. The quantitative estimate of drug-likeness (QED) is 0.155. The van der Waals surface area contributed by atoms with Crippen LogP contribution in [-0.2, 0) is 11.8 Å². The van der Waals surface area contributed by atoms with Crippen LogP contribution < -0.4 is 10.5 Å². The van der Waals surface area contributed by atoms with Gasteiger partial charge in [0, 0.05) is 47.5 Å². The number of hydrogen-bond donors (Lipinski definition) is 1. The average Bonchev–Trinajstić information content (AvgIpc) is 3.91. The Labute approximate surface area is 248 Å². The highest BCUT2D eigenvalue weighted by Gasteiger charge is 2.35. The Bertz CT molecular complexity index is 1630. The summed E-state index contributed by atoms with van der Waals surface area (Å²) in [5.41, 5.74) is 15.5. The number of nitrogen functional groups attached to an aromatic ring is 1. The Morgan fingerprint density at radius 3 is 2.66 bits per heavy atom. The number of aliphatic imine (C=N–C) groups is 1. The van der Waals surface area contributed by atoms with Crippen molar-refractivity contribution in [3.05, 3.63) is 75.8 Å². The zero-order valence-corrected chi connectivity index (χ0v) is 25.5. The molecule has 6 rings (SSSR count). The van der Waals surface area contributed by atoms with Gasteiger partial charge in [-0.15, -0.1) is 0 Å². The third-order valence-electron chi connectivity index (χ3n) is 9.12. The number of pyridine rings is 2. The normalized spacial score (nSPS) is 16.5. The summed E-state index contributed by atoms with van der Waals surface area (Å²) < 4.78 is 7.65. The molecule has 1 atom stereocenters. The Morgan fingerprint density at radius 1 is 1.20 bits per heavy atom. The van der Waals surface area contributed by atoms with Gasteiger partial charge in [0.2, 0.25) is 0 Å². The molecule has 4 aromatic rings. The third-order valence-corrected chi connectivity index (χ3v) is 9.49. The first kappa shape index (κ1) is 27.8. The lowest BCUT2D eigenvalue weighted by Crippen LogP contribution is -2.20. The molecular formula is C34H40ClN5O. The molecule has 0 saturated heterocycles. The van der Waals surface area contributed by atoms with Gasteiger partial charge in [-0.3, -0.25) is 9.98 Å². The Balaban J connectivity index is 1.47. The molecule has 2 fully saturated rings. The van der Waals surface area contributed by atoms with Crippen molar-refractivity contribution in [2.24, 2.45) is 10.9 Å². The predicted octanol–water partition coefficient (Wildman–Crippen LogP) is 7.95. The van der Waals surface area contributed by atoms with Crippen molar-refractivity contribution in [1.82, 2.24) is 14.4 Å². The summed E-state index contributed by atoms with van der Waals surface area (Å²) in [6.07, 6.45) is 14.3. The van der Waals surface area contributed by atoms with E-state index in [0.29, 0.717) is 28.4 Å². The standard InChI is InChI=1S/C34H40ClN5O/c1-6-34(3,4)27-18-28(39-32(20(27)2)25-11-13-40-14-12-37-33(40)30(25)35)26(22-7-8-22)16-21-15-23(19-38-24-9-10-24)31(36)29(17-21)41-5/h11-15,17-19,22,24,26H,6-10,16,36H2,1-5H3. The molecule has 0 aliphatic heterocycles. The molecule has 3 aromatic heterocycles. The van der Waals surface area contributed by atoms with Crippen LogP contribution >= 0.6 is 11.6 Å².